The van der Waals surface area contributed by atoms with Gasteiger partial charge in [0.25, 0.3) is 0 Å². The van der Waals surface area contributed by atoms with Crippen LogP contribution in [0.15, 0.2) is 0 Å². The molecule has 1 aliphatic carbocycles. The highest BCUT2D eigenvalue weighted by Gasteiger charge is 2.31. The van der Waals surface area contributed by atoms with Crippen molar-refractivity contribution in [2.24, 2.45) is 11.8 Å². The Kier molecular flexibility index (Phi) is 3.31. The average Bonchev–Trinajstić information content (AvgIpc) is 2.09. The van der Waals surface area contributed by atoms with Crippen molar-refractivity contribution in [2.45, 2.75) is 45.8 Å². The van der Waals surface area contributed by atoms with Gasteiger partial charge in [-0.1, -0.05) is 20.8 Å². The Hall–Kier alpha value is -0.570. The smallest absolute Gasteiger partial charge is 0.223 e. The topological polar surface area (TPSA) is 49.3 Å². The van der Waals surface area contributed by atoms with Gasteiger partial charge in [0.2, 0.25) is 5.91 Å². The molecule has 13 heavy (non-hydrogen) atoms. The van der Waals surface area contributed by atoms with E-state index in [0.29, 0.717) is 5.92 Å². The summed E-state index contributed by atoms with van der Waals surface area (Å²) in [5.74, 6) is 0.462. The molecule has 3 atom stereocenters. The van der Waals surface area contributed by atoms with Crippen molar-refractivity contribution in [3.8, 4) is 0 Å². The molecule has 0 aromatic rings. The summed E-state index contributed by atoms with van der Waals surface area (Å²) in [6.07, 6.45) is 1.42. The molecule has 1 rings (SSSR count). The monoisotopic (exact) mass is 185 g/mol. The molecule has 3 heteroatoms. The summed E-state index contributed by atoms with van der Waals surface area (Å²) in [5.41, 5.74) is 0. The molecule has 0 aromatic heterocycles. The van der Waals surface area contributed by atoms with Crippen LogP contribution < -0.4 is 5.32 Å². The number of rotatable bonds is 3. The number of carbonyl (C=O) groups excluding carboxylic acids is 1. The van der Waals surface area contributed by atoms with E-state index in [-0.39, 0.29) is 24.0 Å². The second kappa shape index (κ2) is 4.09. The summed E-state index contributed by atoms with van der Waals surface area (Å²) < 4.78 is 0. The third-order valence-corrected chi connectivity index (χ3v) is 2.98. The van der Waals surface area contributed by atoms with Crippen LogP contribution in [-0.2, 0) is 4.79 Å². The quantitative estimate of drug-likeness (QED) is 0.687. The van der Waals surface area contributed by atoms with Gasteiger partial charge in [-0.05, 0) is 18.8 Å². The molecule has 1 unspecified atom stereocenters. The molecular weight excluding hydrogens is 166 g/mol. The lowest BCUT2D eigenvalue weighted by Gasteiger charge is -2.34. The molecule has 0 aromatic carbocycles. The first kappa shape index (κ1) is 10.5. The van der Waals surface area contributed by atoms with Gasteiger partial charge < -0.3 is 10.4 Å². The third kappa shape index (κ3) is 2.44. The summed E-state index contributed by atoms with van der Waals surface area (Å²) in [6.45, 7) is 5.98. The van der Waals surface area contributed by atoms with Crippen molar-refractivity contribution >= 4 is 5.91 Å². The summed E-state index contributed by atoms with van der Waals surface area (Å²) in [7, 11) is 0. The maximum absolute atomic E-state index is 11.5. The van der Waals surface area contributed by atoms with Gasteiger partial charge in [0.15, 0.2) is 0 Å². The molecule has 1 fully saturated rings. The number of hydrogen-bond donors (Lipinski definition) is 2. The first-order chi connectivity index (χ1) is 6.02. The van der Waals surface area contributed by atoms with Gasteiger partial charge in [-0.25, -0.2) is 0 Å². The van der Waals surface area contributed by atoms with Gasteiger partial charge in [0.1, 0.15) is 0 Å². The number of aliphatic hydroxyl groups is 1. The molecule has 0 radical (unpaired) electrons. The molecule has 1 saturated carbocycles. The number of aliphatic hydroxyl groups excluding tert-OH is 1. The van der Waals surface area contributed by atoms with Gasteiger partial charge in [-0.2, -0.15) is 0 Å². The second-order valence-corrected chi connectivity index (χ2v) is 4.29. The van der Waals surface area contributed by atoms with Crippen LogP contribution in [0.3, 0.4) is 0 Å². The van der Waals surface area contributed by atoms with E-state index in [9.17, 15) is 9.90 Å². The molecule has 3 nitrogen and oxygen atoms in total. The van der Waals surface area contributed by atoms with Crippen molar-refractivity contribution in [1.29, 1.82) is 0 Å². The molecule has 1 amide bonds. The molecule has 0 saturated heterocycles. The highest BCUT2D eigenvalue weighted by atomic mass is 16.3. The number of carbonyl (C=O) groups is 1. The van der Waals surface area contributed by atoms with E-state index in [0.717, 1.165) is 12.8 Å². The van der Waals surface area contributed by atoms with Crippen molar-refractivity contribution in [1.82, 2.24) is 5.32 Å². The lowest BCUT2D eigenvalue weighted by molar-refractivity contribution is -0.128. The average molecular weight is 185 g/mol. The van der Waals surface area contributed by atoms with E-state index in [1.54, 1.807) is 0 Å². The van der Waals surface area contributed by atoms with Crippen LogP contribution in [-0.4, -0.2) is 23.2 Å². The van der Waals surface area contributed by atoms with Gasteiger partial charge in [0.05, 0.1) is 12.1 Å². The van der Waals surface area contributed by atoms with E-state index in [1.807, 2.05) is 20.8 Å². The van der Waals surface area contributed by atoms with E-state index in [2.05, 4.69) is 5.32 Å². The van der Waals surface area contributed by atoms with Crippen molar-refractivity contribution in [3.05, 3.63) is 0 Å². The Morgan fingerprint density at radius 2 is 2.00 bits per heavy atom. The summed E-state index contributed by atoms with van der Waals surface area (Å²) in [6, 6.07) is 0.00806. The van der Waals surface area contributed by atoms with Crippen LogP contribution in [0.1, 0.15) is 33.6 Å². The molecule has 1 aliphatic rings. The normalized spacial score (nSPS) is 29.6. The minimum Gasteiger partial charge on any atom is -0.391 e. The van der Waals surface area contributed by atoms with Gasteiger partial charge in [0, 0.05) is 5.92 Å². The molecule has 76 valence electrons. The standard InChI is InChI=1S/C10H19NO2/c1-6(2)7(3)10(13)11-8-4-5-9(8)12/h6-9,12H,4-5H2,1-3H3,(H,11,13)/t7?,8-,9-/m1/s1. The van der Waals surface area contributed by atoms with Gasteiger partial charge in [-0.3, -0.25) is 4.79 Å². The molecule has 2 N–H and O–H groups in total. The molecule has 0 spiro atoms. The van der Waals surface area contributed by atoms with Crippen LogP contribution >= 0.6 is 0 Å². The van der Waals surface area contributed by atoms with Crippen LogP contribution in [0.5, 0.6) is 0 Å². The Bertz CT molecular complexity index is 191. The largest absolute Gasteiger partial charge is 0.391 e. The van der Waals surface area contributed by atoms with Crippen LogP contribution in [0, 0.1) is 11.8 Å². The first-order valence-electron chi connectivity index (χ1n) is 5.00. The molecule has 0 bridgehead atoms. The fourth-order valence-electron chi connectivity index (χ4n) is 1.27. The summed E-state index contributed by atoms with van der Waals surface area (Å²) in [5, 5.41) is 12.1. The molecule has 0 aliphatic heterocycles. The second-order valence-electron chi connectivity index (χ2n) is 4.29. The lowest BCUT2D eigenvalue weighted by atomic mass is 9.88. The maximum Gasteiger partial charge on any atom is 0.223 e. The van der Waals surface area contributed by atoms with E-state index in [4.69, 9.17) is 0 Å². The highest BCUT2D eigenvalue weighted by Crippen LogP contribution is 2.20. The van der Waals surface area contributed by atoms with Gasteiger partial charge in [-0.15, -0.1) is 0 Å². The SMILES string of the molecule is CC(C)C(C)C(=O)N[C@@H]1CC[C@H]1O. The zero-order valence-electron chi connectivity index (χ0n) is 8.58. The zero-order chi connectivity index (χ0) is 10.0. The van der Waals surface area contributed by atoms with Crippen molar-refractivity contribution in [2.75, 3.05) is 0 Å². The summed E-state index contributed by atoms with van der Waals surface area (Å²) >= 11 is 0. The fourth-order valence-corrected chi connectivity index (χ4v) is 1.27. The zero-order valence-corrected chi connectivity index (χ0v) is 8.58. The summed E-state index contributed by atoms with van der Waals surface area (Å²) in [4.78, 5) is 11.5. The van der Waals surface area contributed by atoms with Crippen molar-refractivity contribution < 1.29 is 9.90 Å². The number of nitrogens with one attached hydrogen (secondary N) is 1. The Balaban J connectivity index is 2.32. The van der Waals surface area contributed by atoms with E-state index in [1.165, 1.54) is 0 Å². The molecular formula is C10H19NO2. The third-order valence-electron chi connectivity index (χ3n) is 2.98. The van der Waals surface area contributed by atoms with Gasteiger partial charge >= 0.3 is 0 Å². The minimum atomic E-state index is -0.316. The van der Waals surface area contributed by atoms with Crippen molar-refractivity contribution in [3.63, 3.8) is 0 Å². The Morgan fingerprint density at radius 1 is 1.38 bits per heavy atom. The first-order valence-corrected chi connectivity index (χ1v) is 5.00. The van der Waals surface area contributed by atoms with E-state index >= 15 is 0 Å². The Labute approximate surface area is 79.5 Å². The number of amides is 1. The van der Waals surface area contributed by atoms with E-state index < -0.39 is 0 Å². The van der Waals surface area contributed by atoms with Crippen LogP contribution in [0.2, 0.25) is 0 Å². The van der Waals surface area contributed by atoms with Crippen LogP contribution in [0.25, 0.3) is 0 Å². The highest BCUT2D eigenvalue weighted by molar-refractivity contribution is 5.78. The predicted molar refractivity (Wildman–Crippen MR) is 51.2 cm³/mol. The maximum atomic E-state index is 11.5. The molecule has 0 heterocycles. The minimum absolute atomic E-state index is 0.00806. The Morgan fingerprint density at radius 3 is 2.31 bits per heavy atom. The van der Waals surface area contributed by atoms with Crippen LogP contribution in [0.4, 0.5) is 0 Å². The fraction of sp³-hybridized carbons (Fsp3) is 0.900. The lowest BCUT2D eigenvalue weighted by Crippen LogP contribution is -2.51. The number of hydrogen-bond acceptors (Lipinski definition) is 2. The predicted octanol–water partition coefficient (Wildman–Crippen LogP) is 0.918.